The molecule has 0 aromatic heterocycles. The number of thioether (sulfide) groups is 1. The highest BCUT2D eigenvalue weighted by molar-refractivity contribution is 8.14. The third-order valence-corrected chi connectivity index (χ3v) is 3.20. The molecule has 0 unspecified atom stereocenters. The molecule has 1 fully saturated rings. The molecule has 0 saturated carbocycles. The quantitative estimate of drug-likeness (QED) is 0.783. The number of benzene rings is 1. The smallest absolute Gasteiger partial charge is 0.161 e. The van der Waals surface area contributed by atoms with Gasteiger partial charge in [0.1, 0.15) is 0 Å². The van der Waals surface area contributed by atoms with Crippen LogP contribution in [0, 0.1) is 5.41 Å². The molecule has 0 amide bonds. The van der Waals surface area contributed by atoms with Crippen molar-refractivity contribution in [3.8, 4) is 0 Å². The first kappa shape index (κ1) is 15.7. The third kappa shape index (κ3) is 3.10. The van der Waals surface area contributed by atoms with E-state index in [4.69, 9.17) is 22.7 Å². The van der Waals surface area contributed by atoms with Crippen molar-refractivity contribution in [2.24, 2.45) is 0 Å². The molecular weight excluding hydrogens is 289 g/mol. The van der Waals surface area contributed by atoms with Crippen LogP contribution in [0.15, 0.2) is 18.2 Å². The summed E-state index contributed by atoms with van der Waals surface area (Å²) in [6.07, 6.45) is 0. The van der Waals surface area contributed by atoms with E-state index in [0.717, 1.165) is 18.0 Å². The molecule has 0 bridgehead atoms. The zero-order chi connectivity index (χ0) is 10.1. The van der Waals surface area contributed by atoms with E-state index in [-0.39, 0.29) is 24.8 Å². The SMILES string of the molecule is Cl.Cl.N=C1SCCN1c1cc(Cl)ccc1N. The van der Waals surface area contributed by atoms with Gasteiger partial charge in [-0.2, -0.15) is 0 Å². The maximum atomic E-state index is 7.70. The van der Waals surface area contributed by atoms with Crippen LogP contribution in [0.2, 0.25) is 5.02 Å². The van der Waals surface area contributed by atoms with Crippen LogP contribution in [0.25, 0.3) is 0 Å². The second kappa shape index (κ2) is 6.45. The van der Waals surface area contributed by atoms with E-state index in [2.05, 4.69) is 0 Å². The summed E-state index contributed by atoms with van der Waals surface area (Å²) >= 11 is 7.41. The van der Waals surface area contributed by atoms with Gasteiger partial charge < -0.3 is 10.6 Å². The van der Waals surface area contributed by atoms with Gasteiger partial charge >= 0.3 is 0 Å². The number of nitrogens with zero attached hydrogens (tertiary/aromatic N) is 1. The van der Waals surface area contributed by atoms with Crippen molar-refractivity contribution in [2.45, 2.75) is 0 Å². The van der Waals surface area contributed by atoms with Crippen LogP contribution in [0.4, 0.5) is 11.4 Å². The molecule has 1 aromatic rings. The Hall–Kier alpha value is -0.290. The second-order valence-electron chi connectivity index (χ2n) is 3.01. The van der Waals surface area contributed by atoms with Crippen LogP contribution < -0.4 is 10.6 Å². The summed E-state index contributed by atoms with van der Waals surface area (Å²) in [6, 6.07) is 5.33. The molecule has 3 nitrogen and oxygen atoms in total. The number of rotatable bonds is 1. The van der Waals surface area contributed by atoms with Crippen molar-refractivity contribution in [1.29, 1.82) is 5.41 Å². The van der Waals surface area contributed by atoms with Crippen LogP contribution in [-0.4, -0.2) is 17.5 Å². The Kier molecular flexibility index (Phi) is 6.33. The third-order valence-electron chi connectivity index (χ3n) is 2.08. The molecular formula is C9H12Cl3N3S. The van der Waals surface area contributed by atoms with Crippen molar-refractivity contribution in [1.82, 2.24) is 0 Å². The van der Waals surface area contributed by atoms with E-state index in [1.54, 1.807) is 18.2 Å². The van der Waals surface area contributed by atoms with Crippen molar-refractivity contribution >= 4 is 64.7 Å². The summed E-state index contributed by atoms with van der Waals surface area (Å²) in [5.74, 6) is 0.935. The van der Waals surface area contributed by atoms with Gasteiger partial charge in [-0.15, -0.1) is 24.8 Å². The average molecular weight is 301 g/mol. The van der Waals surface area contributed by atoms with Crippen molar-refractivity contribution in [3.05, 3.63) is 23.2 Å². The summed E-state index contributed by atoms with van der Waals surface area (Å²) in [5.41, 5.74) is 7.33. The number of nitrogen functional groups attached to an aromatic ring is 1. The molecule has 0 spiro atoms. The first-order valence-corrected chi connectivity index (χ1v) is 5.59. The van der Waals surface area contributed by atoms with Crippen molar-refractivity contribution in [3.63, 3.8) is 0 Å². The Balaban J connectivity index is 0.00000112. The maximum absolute atomic E-state index is 7.70. The lowest BCUT2D eigenvalue weighted by Crippen LogP contribution is -2.23. The Morgan fingerprint density at radius 3 is 2.62 bits per heavy atom. The predicted molar refractivity (Wildman–Crippen MR) is 77.9 cm³/mol. The zero-order valence-corrected chi connectivity index (χ0v) is 11.5. The van der Waals surface area contributed by atoms with Gasteiger partial charge in [0.25, 0.3) is 0 Å². The van der Waals surface area contributed by atoms with Gasteiger partial charge in [0, 0.05) is 17.3 Å². The van der Waals surface area contributed by atoms with Crippen molar-refractivity contribution < 1.29 is 0 Å². The number of nitrogens with one attached hydrogen (secondary N) is 1. The monoisotopic (exact) mass is 299 g/mol. The van der Waals surface area contributed by atoms with E-state index in [1.807, 2.05) is 4.90 Å². The van der Waals surface area contributed by atoms with Crippen LogP contribution in [-0.2, 0) is 0 Å². The van der Waals surface area contributed by atoms with Gasteiger partial charge in [-0.25, -0.2) is 0 Å². The highest BCUT2D eigenvalue weighted by atomic mass is 35.5. The van der Waals surface area contributed by atoms with Gasteiger partial charge in [0.05, 0.1) is 11.4 Å². The number of amidine groups is 1. The van der Waals surface area contributed by atoms with E-state index in [1.165, 1.54) is 11.8 Å². The van der Waals surface area contributed by atoms with Gasteiger partial charge in [-0.05, 0) is 18.2 Å². The Morgan fingerprint density at radius 2 is 2.06 bits per heavy atom. The number of halogens is 3. The fourth-order valence-electron chi connectivity index (χ4n) is 1.39. The molecule has 1 aliphatic heterocycles. The Labute approximate surface area is 116 Å². The summed E-state index contributed by atoms with van der Waals surface area (Å²) in [5, 5.41) is 8.89. The van der Waals surface area contributed by atoms with E-state index >= 15 is 0 Å². The first-order chi connectivity index (χ1) is 6.68. The molecule has 0 radical (unpaired) electrons. The standard InChI is InChI=1S/C9H10ClN3S.2ClH/c10-6-1-2-7(11)8(5-6)13-3-4-14-9(13)12;;/h1-2,5,12H,3-4,11H2;2*1H. The average Bonchev–Trinajstić information content (AvgIpc) is 2.56. The summed E-state index contributed by atoms with van der Waals surface area (Å²) in [6.45, 7) is 0.827. The number of anilines is 2. The van der Waals surface area contributed by atoms with E-state index in [9.17, 15) is 0 Å². The minimum Gasteiger partial charge on any atom is -0.397 e. The summed E-state index contributed by atoms with van der Waals surface area (Å²) < 4.78 is 0. The lowest BCUT2D eigenvalue weighted by Gasteiger charge is -2.18. The number of hydrogen-bond acceptors (Lipinski definition) is 3. The fourth-order valence-corrected chi connectivity index (χ4v) is 2.37. The molecule has 1 aromatic carbocycles. The molecule has 7 heteroatoms. The van der Waals surface area contributed by atoms with E-state index in [0.29, 0.717) is 15.9 Å². The molecule has 90 valence electrons. The molecule has 16 heavy (non-hydrogen) atoms. The normalized spacial score (nSPS) is 14.3. The largest absolute Gasteiger partial charge is 0.397 e. The van der Waals surface area contributed by atoms with Crippen LogP contribution in [0.1, 0.15) is 0 Å². The highest BCUT2D eigenvalue weighted by Gasteiger charge is 2.21. The molecule has 1 saturated heterocycles. The highest BCUT2D eigenvalue weighted by Crippen LogP contribution is 2.31. The molecule has 1 aliphatic rings. The Bertz CT molecular complexity index is 386. The minimum absolute atomic E-state index is 0. The molecule has 3 N–H and O–H groups in total. The predicted octanol–water partition coefficient (Wildman–Crippen LogP) is 3.25. The number of hydrogen-bond donors (Lipinski definition) is 2. The lowest BCUT2D eigenvalue weighted by atomic mass is 10.2. The van der Waals surface area contributed by atoms with Gasteiger partial charge in [0.2, 0.25) is 0 Å². The maximum Gasteiger partial charge on any atom is 0.161 e. The van der Waals surface area contributed by atoms with Crippen LogP contribution in [0.3, 0.4) is 0 Å². The second-order valence-corrected chi connectivity index (χ2v) is 4.53. The lowest BCUT2D eigenvalue weighted by molar-refractivity contribution is 1.10. The summed E-state index contributed by atoms with van der Waals surface area (Å²) in [7, 11) is 0. The van der Waals surface area contributed by atoms with Crippen LogP contribution >= 0.6 is 48.2 Å². The topological polar surface area (TPSA) is 53.1 Å². The fraction of sp³-hybridized carbons (Fsp3) is 0.222. The minimum atomic E-state index is 0. The van der Waals surface area contributed by atoms with Crippen LogP contribution in [0.5, 0.6) is 0 Å². The molecule has 2 rings (SSSR count). The molecule has 1 heterocycles. The first-order valence-electron chi connectivity index (χ1n) is 4.22. The van der Waals surface area contributed by atoms with Gasteiger partial charge in [0.15, 0.2) is 5.17 Å². The molecule has 0 atom stereocenters. The Morgan fingerprint density at radius 1 is 1.38 bits per heavy atom. The zero-order valence-electron chi connectivity index (χ0n) is 8.27. The van der Waals surface area contributed by atoms with Gasteiger partial charge in [-0.1, -0.05) is 23.4 Å². The number of nitrogens with two attached hydrogens (primary N) is 1. The van der Waals surface area contributed by atoms with Gasteiger partial charge in [-0.3, -0.25) is 5.41 Å². The summed E-state index contributed by atoms with van der Waals surface area (Å²) in [4.78, 5) is 1.88. The van der Waals surface area contributed by atoms with Crippen molar-refractivity contribution in [2.75, 3.05) is 22.9 Å². The molecule has 0 aliphatic carbocycles. The van der Waals surface area contributed by atoms with E-state index < -0.39 is 0 Å².